The second-order valence-electron chi connectivity index (χ2n) is 6.58. The number of sulfonamides is 1. The lowest BCUT2D eigenvalue weighted by atomic mass is 9.80. The van der Waals surface area contributed by atoms with E-state index in [0.29, 0.717) is 13.0 Å². The van der Waals surface area contributed by atoms with Gasteiger partial charge in [-0.15, -0.1) is 0 Å². The van der Waals surface area contributed by atoms with Crippen LogP contribution in [0.1, 0.15) is 25.3 Å². The number of benzene rings is 1. The molecule has 0 bridgehead atoms. The van der Waals surface area contributed by atoms with E-state index in [9.17, 15) is 13.5 Å². The summed E-state index contributed by atoms with van der Waals surface area (Å²) >= 11 is 0. The number of likely N-dealkylation sites (tertiary alicyclic amines) is 1. The summed E-state index contributed by atoms with van der Waals surface area (Å²) in [5, 5.41) is 10.7. The molecule has 0 amide bonds. The van der Waals surface area contributed by atoms with Crippen molar-refractivity contribution in [1.82, 2.24) is 9.62 Å². The van der Waals surface area contributed by atoms with Gasteiger partial charge in [0.25, 0.3) is 0 Å². The molecule has 24 heavy (non-hydrogen) atoms. The Hall–Kier alpha value is -0.990. The summed E-state index contributed by atoms with van der Waals surface area (Å²) in [5.41, 5.74) is 0.414. The van der Waals surface area contributed by atoms with E-state index >= 15 is 0 Å². The number of nitrogens with one attached hydrogen (secondary N) is 1. The van der Waals surface area contributed by atoms with Gasteiger partial charge >= 0.3 is 0 Å². The lowest BCUT2D eigenvalue weighted by Gasteiger charge is -2.43. The van der Waals surface area contributed by atoms with Gasteiger partial charge in [0, 0.05) is 33.4 Å². The van der Waals surface area contributed by atoms with Crippen molar-refractivity contribution in [3.8, 4) is 0 Å². The van der Waals surface area contributed by atoms with Crippen molar-refractivity contribution >= 4 is 10.0 Å². The molecule has 6 nitrogen and oxygen atoms in total. The molecule has 1 aliphatic rings. The van der Waals surface area contributed by atoms with Crippen LogP contribution in [0.2, 0.25) is 0 Å². The van der Waals surface area contributed by atoms with Gasteiger partial charge in [-0.25, -0.2) is 13.1 Å². The van der Waals surface area contributed by atoms with Gasteiger partial charge in [-0.2, -0.15) is 0 Å². The number of methoxy groups -OCH3 is 1. The lowest BCUT2D eigenvalue weighted by Crippen LogP contribution is -2.51. The first kappa shape index (κ1) is 19.3. The molecule has 0 aromatic heterocycles. The van der Waals surface area contributed by atoms with E-state index in [-0.39, 0.29) is 10.8 Å². The fourth-order valence-corrected chi connectivity index (χ4v) is 3.92. The van der Waals surface area contributed by atoms with Gasteiger partial charge in [-0.3, -0.25) is 4.90 Å². The van der Waals surface area contributed by atoms with Crippen molar-refractivity contribution < 1.29 is 18.3 Å². The zero-order chi connectivity index (χ0) is 17.8. The third-order valence-corrected chi connectivity index (χ3v) is 6.39. The minimum Gasteiger partial charge on any atom is -0.389 e. The van der Waals surface area contributed by atoms with E-state index in [0.717, 1.165) is 31.6 Å². The Bertz CT molecular complexity index is 632. The van der Waals surface area contributed by atoms with Crippen LogP contribution in [-0.2, 0) is 21.3 Å². The first-order chi connectivity index (χ1) is 11.3. The molecular weight excluding hydrogens is 328 g/mol. The van der Waals surface area contributed by atoms with Crippen LogP contribution in [-0.4, -0.2) is 57.9 Å². The van der Waals surface area contributed by atoms with Crippen LogP contribution in [0.4, 0.5) is 0 Å². The van der Waals surface area contributed by atoms with Crippen molar-refractivity contribution in [2.24, 2.45) is 5.92 Å². The quantitative estimate of drug-likeness (QED) is 0.768. The van der Waals surface area contributed by atoms with Gasteiger partial charge in [-0.1, -0.05) is 19.1 Å². The number of rotatable bonds is 7. The second-order valence-corrected chi connectivity index (χ2v) is 8.47. The van der Waals surface area contributed by atoms with E-state index in [1.807, 2.05) is 12.1 Å². The molecule has 1 aliphatic heterocycles. The zero-order valence-corrected chi connectivity index (χ0v) is 15.5. The third kappa shape index (κ3) is 4.55. The molecule has 0 radical (unpaired) electrons. The van der Waals surface area contributed by atoms with Crippen LogP contribution in [0.15, 0.2) is 29.2 Å². The van der Waals surface area contributed by atoms with Gasteiger partial charge < -0.3 is 9.84 Å². The average molecular weight is 356 g/mol. The Balaban J connectivity index is 1.96. The van der Waals surface area contributed by atoms with Crippen LogP contribution >= 0.6 is 0 Å². The van der Waals surface area contributed by atoms with Crippen LogP contribution in [0.25, 0.3) is 0 Å². The molecule has 136 valence electrons. The average Bonchev–Trinajstić information content (AvgIpc) is 2.57. The molecule has 1 fully saturated rings. The summed E-state index contributed by atoms with van der Waals surface area (Å²) in [7, 11) is -0.330. The number of piperidine rings is 1. The molecule has 1 heterocycles. The molecule has 0 unspecified atom stereocenters. The fourth-order valence-electron chi connectivity index (χ4n) is 3.19. The van der Waals surface area contributed by atoms with E-state index in [1.165, 1.54) is 7.05 Å². The number of nitrogens with zero attached hydrogens (tertiary/aromatic N) is 1. The maximum atomic E-state index is 11.7. The molecular formula is C17H28N2O4S. The van der Waals surface area contributed by atoms with Crippen molar-refractivity contribution in [3.63, 3.8) is 0 Å². The summed E-state index contributed by atoms with van der Waals surface area (Å²) in [6.45, 7) is 5.04. The Morgan fingerprint density at radius 1 is 1.38 bits per heavy atom. The number of hydrogen-bond acceptors (Lipinski definition) is 5. The Morgan fingerprint density at radius 2 is 2.04 bits per heavy atom. The Labute approximate surface area is 144 Å². The molecule has 0 saturated carbocycles. The molecule has 2 rings (SSSR count). The maximum absolute atomic E-state index is 11.7. The van der Waals surface area contributed by atoms with Crippen molar-refractivity contribution in [2.75, 3.05) is 33.9 Å². The van der Waals surface area contributed by atoms with E-state index in [2.05, 4.69) is 16.5 Å². The largest absolute Gasteiger partial charge is 0.389 e. The molecule has 2 N–H and O–H groups in total. The minimum atomic E-state index is -3.39. The molecule has 1 aromatic carbocycles. The Morgan fingerprint density at radius 3 is 2.58 bits per heavy atom. The van der Waals surface area contributed by atoms with Gasteiger partial charge in [0.05, 0.1) is 10.5 Å². The summed E-state index contributed by atoms with van der Waals surface area (Å²) in [4.78, 5) is 2.57. The second kappa shape index (κ2) is 7.93. The summed E-state index contributed by atoms with van der Waals surface area (Å²) < 4.78 is 30.9. The van der Waals surface area contributed by atoms with Crippen molar-refractivity contribution in [1.29, 1.82) is 0 Å². The minimum absolute atomic E-state index is 0.172. The molecule has 0 spiro atoms. The predicted molar refractivity (Wildman–Crippen MR) is 93.2 cm³/mol. The van der Waals surface area contributed by atoms with Crippen molar-refractivity contribution in [2.45, 2.75) is 36.8 Å². The Kier molecular flexibility index (Phi) is 6.39. The standard InChI is InChI=1S/C17H28N2O4S/c1-14-12-19(10-8-17(14,20)9-11-23-3)13-15-4-6-16(7-5-15)24(21,22)18-2/h4-7,14,18,20H,8-13H2,1-3H3/t14-,17-/m1/s1. The van der Waals surface area contributed by atoms with Gasteiger partial charge in [0.2, 0.25) is 10.0 Å². The van der Waals surface area contributed by atoms with Crippen LogP contribution in [0, 0.1) is 5.92 Å². The third-order valence-electron chi connectivity index (χ3n) is 4.96. The lowest BCUT2D eigenvalue weighted by molar-refractivity contribution is -0.0827. The zero-order valence-electron chi connectivity index (χ0n) is 14.7. The number of ether oxygens (including phenoxy) is 1. The van der Waals surface area contributed by atoms with Crippen LogP contribution in [0.3, 0.4) is 0 Å². The number of hydrogen-bond donors (Lipinski definition) is 2. The number of aliphatic hydroxyl groups is 1. The monoisotopic (exact) mass is 356 g/mol. The molecule has 1 saturated heterocycles. The summed E-state index contributed by atoms with van der Waals surface area (Å²) in [6, 6.07) is 6.95. The van der Waals surface area contributed by atoms with Crippen LogP contribution < -0.4 is 4.72 Å². The molecule has 2 atom stereocenters. The molecule has 0 aliphatic carbocycles. The van der Waals surface area contributed by atoms with E-state index < -0.39 is 15.6 Å². The highest BCUT2D eigenvalue weighted by atomic mass is 32.2. The van der Waals surface area contributed by atoms with E-state index in [1.54, 1.807) is 19.2 Å². The molecule has 7 heteroatoms. The van der Waals surface area contributed by atoms with Gasteiger partial charge in [0.1, 0.15) is 0 Å². The highest BCUT2D eigenvalue weighted by molar-refractivity contribution is 7.89. The summed E-state index contributed by atoms with van der Waals surface area (Å²) in [5.74, 6) is 0.172. The highest BCUT2D eigenvalue weighted by Gasteiger charge is 2.38. The predicted octanol–water partition coefficient (Wildman–Crippen LogP) is 1.20. The first-order valence-electron chi connectivity index (χ1n) is 8.27. The van der Waals surface area contributed by atoms with Gasteiger partial charge in [0.15, 0.2) is 0 Å². The summed E-state index contributed by atoms with van der Waals surface area (Å²) in [6.07, 6.45) is 1.39. The van der Waals surface area contributed by atoms with Crippen molar-refractivity contribution in [3.05, 3.63) is 29.8 Å². The van der Waals surface area contributed by atoms with E-state index in [4.69, 9.17) is 4.74 Å². The normalized spacial score (nSPS) is 25.8. The SMILES string of the molecule is CNS(=O)(=O)c1ccc(CN2CC[C@@](O)(CCOC)[C@H](C)C2)cc1. The fraction of sp³-hybridized carbons (Fsp3) is 0.647. The van der Waals surface area contributed by atoms with Gasteiger partial charge in [-0.05, 0) is 43.5 Å². The highest BCUT2D eigenvalue weighted by Crippen LogP contribution is 2.31. The first-order valence-corrected chi connectivity index (χ1v) is 9.75. The smallest absolute Gasteiger partial charge is 0.240 e. The maximum Gasteiger partial charge on any atom is 0.240 e. The topological polar surface area (TPSA) is 78.9 Å². The van der Waals surface area contributed by atoms with Crippen LogP contribution in [0.5, 0.6) is 0 Å². The molecule has 1 aromatic rings.